The average Bonchev–Trinajstić information content (AvgIpc) is 2.45. The molecule has 1 N–H and O–H groups in total. The molecule has 0 saturated carbocycles. The first-order valence-corrected chi connectivity index (χ1v) is 7.69. The Morgan fingerprint density at radius 1 is 1.45 bits per heavy atom. The molecule has 0 aromatic heterocycles. The fourth-order valence-corrected chi connectivity index (χ4v) is 3.15. The number of benzene rings is 1. The molecular formula is C16H24ClNO2. The van der Waals surface area contributed by atoms with Crippen molar-refractivity contribution >= 4 is 11.6 Å². The standard InChI is InChI=1S/C16H24ClNO2/c1-4-18-15(16(2)9-5-6-10-20-16)13-11-12(17)7-8-14(13)19-3/h7-8,11,15,18H,4-6,9-10H2,1-3H3. The minimum absolute atomic E-state index is 0.0847. The molecule has 112 valence electrons. The molecule has 0 radical (unpaired) electrons. The summed E-state index contributed by atoms with van der Waals surface area (Å²) in [5.41, 5.74) is 0.859. The molecule has 3 nitrogen and oxygen atoms in total. The number of likely N-dealkylation sites (N-methyl/N-ethyl adjacent to an activating group) is 1. The van der Waals surface area contributed by atoms with Gasteiger partial charge in [-0.2, -0.15) is 0 Å². The normalized spacial score (nSPS) is 24.4. The van der Waals surface area contributed by atoms with Crippen LogP contribution < -0.4 is 10.1 Å². The van der Waals surface area contributed by atoms with Crippen LogP contribution in [0.3, 0.4) is 0 Å². The molecule has 1 saturated heterocycles. The Hall–Kier alpha value is -0.770. The van der Waals surface area contributed by atoms with E-state index in [1.54, 1.807) is 7.11 Å². The minimum Gasteiger partial charge on any atom is -0.496 e. The highest BCUT2D eigenvalue weighted by Crippen LogP contribution is 2.40. The van der Waals surface area contributed by atoms with Crippen molar-refractivity contribution in [1.29, 1.82) is 0 Å². The van der Waals surface area contributed by atoms with Crippen molar-refractivity contribution in [3.05, 3.63) is 28.8 Å². The van der Waals surface area contributed by atoms with E-state index in [-0.39, 0.29) is 11.6 Å². The fourth-order valence-electron chi connectivity index (χ4n) is 2.97. The summed E-state index contributed by atoms with van der Waals surface area (Å²) in [4.78, 5) is 0. The molecule has 0 aliphatic carbocycles. The van der Waals surface area contributed by atoms with Gasteiger partial charge in [-0.3, -0.25) is 0 Å². The summed E-state index contributed by atoms with van der Waals surface area (Å²) in [6, 6.07) is 5.85. The van der Waals surface area contributed by atoms with Crippen molar-refractivity contribution in [2.75, 3.05) is 20.3 Å². The number of hydrogen-bond donors (Lipinski definition) is 1. The van der Waals surface area contributed by atoms with Crippen LogP contribution in [0.2, 0.25) is 5.02 Å². The number of halogens is 1. The van der Waals surface area contributed by atoms with Crippen molar-refractivity contribution in [3.63, 3.8) is 0 Å². The maximum Gasteiger partial charge on any atom is 0.123 e. The zero-order valence-electron chi connectivity index (χ0n) is 12.5. The van der Waals surface area contributed by atoms with Crippen molar-refractivity contribution in [2.45, 2.75) is 44.8 Å². The first-order chi connectivity index (χ1) is 9.60. The van der Waals surface area contributed by atoms with Crippen molar-refractivity contribution in [3.8, 4) is 5.75 Å². The Morgan fingerprint density at radius 3 is 2.85 bits per heavy atom. The van der Waals surface area contributed by atoms with Crippen molar-refractivity contribution < 1.29 is 9.47 Å². The highest BCUT2D eigenvalue weighted by Gasteiger charge is 2.38. The zero-order chi connectivity index (χ0) is 14.6. The lowest BCUT2D eigenvalue weighted by atomic mass is 9.83. The van der Waals surface area contributed by atoms with Crippen LogP contribution in [-0.2, 0) is 4.74 Å². The second-order valence-corrected chi connectivity index (χ2v) is 5.93. The van der Waals surface area contributed by atoms with Crippen LogP contribution in [-0.4, -0.2) is 25.9 Å². The van der Waals surface area contributed by atoms with Gasteiger partial charge in [-0.1, -0.05) is 18.5 Å². The molecule has 2 rings (SSSR count). The van der Waals surface area contributed by atoms with E-state index in [0.717, 1.165) is 42.3 Å². The van der Waals surface area contributed by atoms with Gasteiger partial charge < -0.3 is 14.8 Å². The summed E-state index contributed by atoms with van der Waals surface area (Å²) >= 11 is 6.18. The van der Waals surface area contributed by atoms with Gasteiger partial charge in [-0.25, -0.2) is 0 Å². The Balaban J connectivity index is 2.39. The molecular weight excluding hydrogens is 274 g/mol. The third-order valence-corrected chi connectivity index (χ3v) is 4.26. The van der Waals surface area contributed by atoms with Gasteiger partial charge >= 0.3 is 0 Å². The molecule has 1 aromatic carbocycles. The van der Waals surface area contributed by atoms with Crippen LogP contribution >= 0.6 is 11.6 Å². The monoisotopic (exact) mass is 297 g/mol. The zero-order valence-corrected chi connectivity index (χ0v) is 13.3. The molecule has 1 heterocycles. The highest BCUT2D eigenvalue weighted by molar-refractivity contribution is 6.30. The van der Waals surface area contributed by atoms with Crippen LogP contribution in [0.15, 0.2) is 18.2 Å². The van der Waals surface area contributed by atoms with E-state index in [0.29, 0.717) is 0 Å². The Kier molecular flexibility index (Phi) is 5.30. The predicted molar refractivity (Wildman–Crippen MR) is 82.6 cm³/mol. The van der Waals surface area contributed by atoms with Crippen molar-refractivity contribution in [2.24, 2.45) is 0 Å². The van der Waals surface area contributed by atoms with E-state index in [9.17, 15) is 0 Å². The van der Waals surface area contributed by atoms with Gasteiger partial charge in [0, 0.05) is 17.2 Å². The molecule has 2 unspecified atom stereocenters. The van der Waals surface area contributed by atoms with Crippen molar-refractivity contribution in [1.82, 2.24) is 5.32 Å². The van der Waals surface area contributed by atoms with Gasteiger partial charge in [-0.15, -0.1) is 0 Å². The minimum atomic E-state index is -0.216. The topological polar surface area (TPSA) is 30.5 Å². The van der Waals surface area contributed by atoms with E-state index < -0.39 is 0 Å². The van der Waals surface area contributed by atoms with Gasteiger partial charge in [-0.05, 0) is 50.9 Å². The second-order valence-electron chi connectivity index (χ2n) is 5.50. The molecule has 4 heteroatoms. The number of rotatable bonds is 5. The molecule has 0 bridgehead atoms. The van der Waals surface area contributed by atoms with E-state index in [1.807, 2.05) is 18.2 Å². The summed E-state index contributed by atoms with van der Waals surface area (Å²) in [7, 11) is 1.69. The molecule has 1 aliphatic rings. The highest BCUT2D eigenvalue weighted by atomic mass is 35.5. The average molecular weight is 298 g/mol. The summed E-state index contributed by atoms with van der Waals surface area (Å²) < 4.78 is 11.6. The molecule has 0 amide bonds. The lowest BCUT2D eigenvalue weighted by Gasteiger charge is -2.41. The SMILES string of the molecule is CCNC(c1cc(Cl)ccc1OC)C1(C)CCCCO1. The van der Waals surface area contributed by atoms with Crippen LogP contribution in [0.1, 0.15) is 44.7 Å². The van der Waals surface area contributed by atoms with Gasteiger partial charge in [0.05, 0.1) is 18.8 Å². The molecule has 2 atom stereocenters. The first-order valence-electron chi connectivity index (χ1n) is 7.31. The molecule has 0 spiro atoms. The quantitative estimate of drug-likeness (QED) is 0.892. The third kappa shape index (κ3) is 3.27. The Bertz CT molecular complexity index is 444. The maximum absolute atomic E-state index is 6.18. The fraction of sp³-hybridized carbons (Fsp3) is 0.625. The first kappa shape index (κ1) is 15.6. The van der Waals surface area contributed by atoms with E-state index in [2.05, 4.69) is 19.2 Å². The van der Waals surface area contributed by atoms with Gasteiger partial charge in [0.15, 0.2) is 0 Å². The second kappa shape index (κ2) is 6.79. The summed E-state index contributed by atoms with van der Waals surface area (Å²) in [6.07, 6.45) is 3.38. The third-order valence-electron chi connectivity index (χ3n) is 4.02. The Morgan fingerprint density at radius 2 is 2.25 bits per heavy atom. The van der Waals surface area contributed by atoms with E-state index in [1.165, 1.54) is 6.42 Å². The molecule has 1 aliphatic heterocycles. The summed E-state index contributed by atoms with van der Waals surface area (Å²) in [6.45, 7) is 5.98. The number of ether oxygens (including phenoxy) is 2. The van der Waals surface area contributed by atoms with Gasteiger partial charge in [0.1, 0.15) is 5.75 Å². The number of hydrogen-bond acceptors (Lipinski definition) is 3. The van der Waals surface area contributed by atoms with Crippen LogP contribution in [0.5, 0.6) is 5.75 Å². The lowest BCUT2D eigenvalue weighted by Crippen LogP contribution is -2.46. The number of nitrogens with one attached hydrogen (secondary N) is 1. The maximum atomic E-state index is 6.18. The Labute approximate surface area is 126 Å². The largest absolute Gasteiger partial charge is 0.496 e. The molecule has 1 aromatic rings. The van der Waals surface area contributed by atoms with E-state index in [4.69, 9.17) is 21.1 Å². The predicted octanol–water partition coefficient (Wildman–Crippen LogP) is 3.96. The summed E-state index contributed by atoms with van der Waals surface area (Å²) in [5.74, 6) is 0.857. The smallest absolute Gasteiger partial charge is 0.123 e. The van der Waals surface area contributed by atoms with Gasteiger partial charge in [0.25, 0.3) is 0 Å². The van der Waals surface area contributed by atoms with Crippen LogP contribution in [0, 0.1) is 0 Å². The number of methoxy groups -OCH3 is 1. The molecule has 20 heavy (non-hydrogen) atoms. The van der Waals surface area contributed by atoms with Crippen LogP contribution in [0.25, 0.3) is 0 Å². The van der Waals surface area contributed by atoms with Gasteiger partial charge in [0.2, 0.25) is 0 Å². The van der Waals surface area contributed by atoms with E-state index >= 15 is 0 Å². The molecule has 1 fully saturated rings. The van der Waals surface area contributed by atoms with Crippen LogP contribution in [0.4, 0.5) is 0 Å². The lowest BCUT2D eigenvalue weighted by molar-refractivity contribution is -0.0898. The summed E-state index contributed by atoms with van der Waals surface area (Å²) in [5, 5.41) is 4.27.